The van der Waals surface area contributed by atoms with Crippen LogP contribution in [0.4, 0.5) is 0 Å². The van der Waals surface area contributed by atoms with E-state index in [1.807, 2.05) is 0 Å². The van der Waals surface area contributed by atoms with Crippen LogP contribution in [0.15, 0.2) is 0 Å². The molecule has 0 heteroatoms. The van der Waals surface area contributed by atoms with Crippen molar-refractivity contribution in [1.82, 2.24) is 0 Å². The van der Waals surface area contributed by atoms with Crippen LogP contribution in [0.1, 0.15) is 266 Å². The molecule has 24 fully saturated rings. The van der Waals surface area contributed by atoms with Crippen LogP contribution >= 0.6 is 0 Å². The lowest BCUT2D eigenvalue weighted by Crippen LogP contribution is -2.44. The third-order valence-corrected chi connectivity index (χ3v) is 37.9. The van der Waals surface area contributed by atoms with Crippen molar-refractivity contribution in [3.8, 4) is 0 Å². The monoisotopic (exact) mass is 1130 g/mol. The third-order valence-electron chi connectivity index (χ3n) is 37.9. The highest BCUT2D eigenvalue weighted by Crippen LogP contribution is 2.77. The van der Waals surface area contributed by atoms with Crippen LogP contribution in [-0.2, 0) is 0 Å². The molecule has 0 saturated heterocycles. The first kappa shape index (κ1) is 54.7. The van der Waals surface area contributed by atoms with E-state index in [1.54, 1.807) is 218 Å². The molecule has 18 bridgehead atoms. The lowest BCUT2D eigenvalue weighted by molar-refractivity contribution is -0.0142. The van der Waals surface area contributed by atoms with E-state index in [9.17, 15) is 0 Å². The molecule has 0 spiro atoms. The molecule has 0 aromatic heterocycles. The maximum atomic E-state index is 2.55. The standard InChI is InChI=1S/C16H24.C16H26.C15H22.C13H20.C12H20.C11H18/c1-8-5-9-6-12(8)16-14-7-13(15(9)16)10-3-2-4-11(10)14;1-10-6-13-9-14(10)16-8-12-5-3-2-4-11(12)7-15(13)16;1-7-4-8-5-11(7)15-13-6-12(14(8)15)9-2-3-10(9)13;1-7-4-10-6-11(7)13-9-3-2-8(5-9)12(10)13;1-8-6-9-7-12(8)11-5-3-2-4-10(9)11;1-7-5-8-6-11(7)10-4-2-3-9(8)10/h8-16H,2-7H2,1H3;10-16H,2-9H2,1H3;7-15H,2-6H2,1H3;7-13H,2-6H2,1H3;8-12H,2-7H2,1H3;7-11H,2-6H2,1H3. The molecule has 0 radical (unpaired) electrons. The van der Waals surface area contributed by atoms with E-state index in [-0.39, 0.29) is 0 Å². The Morgan fingerprint density at radius 3 is 0.940 bits per heavy atom. The summed E-state index contributed by atoms with van der Waals surface area (Å²) in [6, 6.07) is 0. The van der Waals surface area contributed by atoms with Crippen molar-refractivity contribution in [3.63, 3.8) is 0 Å². The fourth-order valence-corrected chi connectivity index (χ4v) is 36.0. The molecule has 0 aliphatic heterocycles. The first-order valence-corrected chi connectivity index (χ1v) is 40.6. The summed E-state index contributed by atoms with van der Waals surface area (Å²) >= 11 is 0. The van der Waals surface area contributed by atoms with Crippen LogP contribution in [0.2, 0.25) is 0 Å². The van der Waals surface area contributed by atoms with Gasteiger partial charge in [0.25, 0.3) is 0 Å². The molecule has 24 aliphatic rings. The number of hydrogen-bond donors (Lipinski definition) is 0. The van der Waals surface area contributed by atoms with Crippen molar-refractivity contribution >= 4 is 0 Å². The molecule has 0 amide bonds. The Balaban J connectivity index is 0.0000000741. The van der Waals surface area contributed by atoms with Gasteiger partial charge in [-0.15, -0.1) is 0 Å². The van der Waals surface area contributed by atoms with Gasteiger partial charge in [0.05, 0.1) is 0 Å². The summed E-state index contributed by atoms with van der Waals surface area (Å²) in [4.78, 5) is 0. The van der Waals surface area contributed by atoms with Crippen LogP contribution in [0, 0.1) is 249 Å². The Bertz CT molecular complexity index is 2360. The molecule has 0 nitrogen and oxygen atoms in total. The van der Waals surface area contributed by atoms with Gasteiger partial charge in [0.2, 0.25) is 0 Å². The fourth-order valence-electron chi connectivity index (χ4n) is 36.0. The van der Waals surface area contributed by atoms with E-state index >= 15 is 0 Å². The summed E-state index contributed by atoms with van der Waals surface area (Å²) in [5.74, 6) is 49.4. The Morgan fingerprint density at radius 1 is 0.133 bits per heavy atom. The van der Waals surface area contributed by atoms with Crippen molar-refractivity contribution in [3.05, 3.63) is 0 Å². The van der Waals surface area contributed by atoms with E-state index in [0.717, 1.165) is 76.9 Å². The van der Waals surface area contributed by atoms with Crippen molar-refractivity contribution in [1.29, 1.82) is 0 Å². The molecular weight excluding hydrogens is 997 g/mol. The first-order valence-electron chi connectivity index (χ1n) is 40.6. The molecule has 0 aromatic carbocycles. The normalized spacial score (nSPS) is 65.0. The zero-order chi connectivity index (χ0) is 55.0. The summed E-state index contributed by atoms with van der Waals surface area (Å²) in [5.41, 5.74) is 0. The zero-order valence-corrected chi connectivity index (χ0v) is 55.0. The maximum Gasteiger partial charge on any atom is -0.0318 e. The molecule has 0 heterocycles. The van der Waals surface area contributed by atoms with E-state index < -0.39 is 0 Å². The summed E-state index contributed by atoms with van der Waals surface area (Å²) in [6.45, 7) is 15.1. The fraction of sp³-hybridized carbons (Fsp3) is 1.00. The molecule has 42 unspecified atom stereocenters. The van der Waals surface area contributed by atoms with Crippen molar-refractivity contribution < 1.29 is 0 Å². The second-order valence-electron chi connectivity index (χ2n) is 39.8. The molecule has 24 rings (SSSR count). The predicted octanol–water partition coefficient (Wildman–Crippen LogP) is 21.9. The molecule has 0 aromatic rings. The topological polar surface area (TPSA) is 0 Å². The highest BCUT2D eigenvalue weighted by atomic mass is 14.7. The van der Waals surface area contributed by atoms with E-state index in [4.69, 9.17) is 0 Å². The van der Waals surface area contributed by atoms with E-state index in [2.05, 4.69) is 41.5 Å². The molecule has 462 valence electrons. The maximum absolute atomic E-state index is 2.55. The predicted molar refractivity (Wildman–Crippen MR) is 342 cm³/mol. The van der Waals surface area contributed by atoms with Gasteiger partial charge < -0.3 is 0 Å². The number of hydrogen-bond acceptors (Lipinski definition) is 0. The van der Waals surface area contributed by atoms with Crippen LogP contribution in [0.25, 0.3) is 0 Å². The van der Waals surface area contributed by atoms with Gasteiger partial charge in [-0.05, 0) is 422 Å². The van der Waals surface area contributed by atoms with Crippen LogP contribution < -0.4 is 0 Å². The van der Waals surface area contributed by atoms with E-state index in [0.29, 0.717) is 0 Å². The van der Waals surface area contributed by atoms with Crippen LogP contribution in [0.5, 0.6) is 0 Å². The van der Waals surface area contributed by atoms with Gasteiger partial charge in [-0.3, -0.25) is 0 Å². The van der Waals surface area contributed by atoms with Gasteiger partial charge in [-0.2, -0.15) is 0 Å². The highest BCUT2D eigenvalue weighted by Gasteiger charge is 2.70. The van der Waals surface area contributed by atoms with Gasteiger partial charge in [0.1, 0.15) is 0 Å². The Kier molecular flexibility index (Phi) is 13.7. The first-order chi connectivity index (χ1) is 40.6. The SMILES string of the molecule is CC1CC2CC1C1C3CC(C4CCC43)C21.CC1CC2CC1C1C3CC(C4CCCC43)C21.CC1CC2CC1C1C3CCC(C3)C21.CC1CC2CC1C1CC3CCCCC3CC21.CC1CC2CC1C1CCCC21.CC1CC2CC1C1CCCCC21. The minimum absolute atomic E-state index is 1.08. The van der Waals surface area contributed by atoms with Crippen LogP contribution in [0.3, 0.4) is 0 Å². The largest absolute Gasteiger partial charge is 0.0622 e. The van der Waals surface area contributed by atoms with Gasteiger partial charge in [-0.1, -0.05) is 92.9 Å². The Morgan fingerprint density at radius 2 is 0.434 bits per heavy atom. The molecule has 24 saturated carbocycles. The summed E-state index contributed by atoms with van der Waals surface area (Å²) < 4.78 is 0. The quantitative estimate of drug-likeness (QED) is 0.212. The van der Waals surface area contributed by atoms with Crippen molar-refractivity contribution in [2.24, 2.45) is 249 Å². The lowest BCUT2D eigenvalue weighted by atomic mass is 9.55. The second kappa shape index (κ2) is 20.8. The molecule has 24 aliphatic carbocycles. The Labute approximate surface area is 512 Å². The lowest BCUT2D eigenvalue weighted by Gasteiger charge is -2.50. The number of rotatable bonds is 0. The minimum atomic E-state index is 1.08. The van der Waals surface area contributed by atoms with Gasteiger partial charge in [0, 0.05) is 0 Å². The molecule has 0 N–H and O–H groups in total. The minimum Gasteiger partial charge on any atom is -0.0622 e. The highest BCUT2D eigenvalue weighted by molar-refractivity contribution is 5.18. The van der Waals surface area contributed by atoms with Gasteiger partial charge in [-0.25, -0.2) is 0 Å². The summed E-state index contributed by atoms with van der Waals surface area (Å²) in [7, 11) is 0. The van der Waals surface area contributed by atoms with E-state index in [1.165, 1.54) is 178 Å². The molecule has 42 atom stereocenters. The summed E-state index contributed by atoms with van der Waals surface area (Å²) in [5, 5.41) is 0. The number of fused-ring (bicyclic) bond motifs is 49. The van der Waals surface area contributed by atoms with Gasteiger partial charge >= 0.3 is 0 Å². The van der Waals surface area contributed by atoms with Gasteiger partial charge in [0.15, 0.2) is 0 Å². The Hall–Kier alpha value is 0. The average molecular weight is 1130 g/mol. The second-order valence-corrected chi connectivity index (χ2v) is 39.8. The molecule has 83 heavy (non-hydrogen) atoms. The summed E-state index contributed by atoms with van der Waals surface area (Å²) in [6.07, 6.45) is 56.0. The smallest absolute Gasteiger partial charge is 0.0318 e. The molecular formula is C83H130. The zero-order valence-electron chi connectivity index (χ0n) is 55.0. The third kappa shape index (κ3) is 8.26. The average Bonchev–Trinajstić information content (AvgIpc) is 1.63. The van der Waals surface area contributed by atoms with Crippen LogP contribution in [-0.4, -0.2) is 0 Å². The van der Waals surface area contributed by atoms with Crippen molar-refractivity contribution in [2.45, 2.75) is 266 Å². The van der Waals surface area contributed by atoms with Crippen molar-refractivity contribution in [2.75, 3.05) is 0 Å².